The van der Waals surface area contributed by atoms with Crippen LogP contribution in [0.25, 0.3) is 11.0 Å². The Morgan fingerprint density at radius 3 is 2.83 bits per heavy atom. The zero-order chi connectivity index (χ0) is 13.1. The summed E-state index contributed by atoms with van der Waals surface area (Å²) >= 11 is 0. The normalized spacial score (nSPS) is 10.5. The van der Waals surface area contributed by atoms with Crippen molar-refractivity contribution in [2.24, 2.45) is 0 Å². The standard InChI is InChI=1S/C13H13NO4/c1-8(15)14-5-4-10-7-18-12-3-2-9(13(16)17)6-11(10)12/h2-3,6-7H,4-5H2,1H3,(H,14,15)(H,16,17). The van der Waals surface area contributed by atoms with Gasteiger partial charge in [-0.2, -0.15) is 0 Å². The molecule has 0 radical (unpaired) electrons. The highest BCUT2D eigenvalue weighted by Gasteiger charge is 2.09. The third-order valence-corrected chi connectivity index (χ3v) is 2.67. The molecule has 1 aromatic heterocycles. The number of rotatable bonds is 4. The molecule has 5 heteroatoms. The van der Waals surface area contributed by atoms with Gasteiger partial charge in [0.15, 0.2) is 0 Å². The van der Waals surface area contributed by atoms with E-state index < -0.39 is 5.97 Å². The molecular formula is C13H13NO4. The number of furan rings is 1. The lowest BCUT2D eigenvalue weighted by atomic mass is 10.1. The van der Waals surface area contributed by atoms with Crippen LogP contribution in [0.3, 0.4) is 0 Å². The lowest BCUT2D eigenvalue weighted by Gasteiger charge is -2.00. The first-order chi connectivity index (χ1) is 8.58. The van der Waals surface area contributed by atoms with Crippen LogP contribution < -0.4 is 5.32 Å². The maximum atomic E-state index is 10.9. The van der Waals surface area contributed by atoms with Crippen LogP contribution in [0, 0.1) is 0 Å². The van der Waals surface area contributed by atoms with Gasteiger partial charge in [-0.1, -0.05) is 0 Å². The maximum Gasteiger partial charge on any atom is 0.335 e. The molecule has 2 N–H and O–H groups in total. The lowest BCUT2D eigenvalue weighted by Crippen LogP contribution is -2.22. The van der Waals surface area contributed by atoms with Gasteiger partial charge in [-0.05, 0) is 30.2 Å². The van der Waals surface area contributed by atoms with E-state index in [1.54, 1.807) is 18.4 Å². The largest absolute Gasteiger partial charge is 0.478 e. The van der Waals surface area contributed by atoms with E-state index in [2.05, 4.69) is 5.32 Å². The SMILES string of the molecule is CC(=O)NCCc1coc2ccc(C(=O)O)cc12. The summed E-state index contributed by atoms with van der Waals surface area (Å²) in [7, 11) is 0. The highest BCUT2D eigenvalue weighted by molar-refractivity contribution is 5.94. The number of fused-ring (bicyclic) bond motifs is 1. The molecule has 0 fully saturated rings. The molecule has 0 aliphatic carbocycles. The number of nitrogens with one attached hydrogen (secondary N) is 1. The van der Waals surface area contributed by atoms with E-state index in [4.69, 9.17) is 9.52 Å². The van der Waals surface area contributed by atoms with Crippen LogP contribution in [0.4, 0.5) is 0 Å². The molecule has 5 nitrogen and oxygen atoms in total. The van der Waals surface area contributed by atoms with Crippen LogP contribution in [0.5, 0.6) is 0 Å². The van der Waals surface area contributed by atoms with Gasteiger partial charge in [-0.15, -0.1) is 0 Å². The summed E-state index contributed by atoms with van der Waals surface area (Å²) in [5.74, 6) is -1.06. The van der Waals surface area contributed by atoms with Crippen molar-refractivity contribution < 1.29 is 19.1 Å². The van der Waals surface area contributed by atoms with Crippen molar-refractivity contribution in [3.05, 3.63) is 35.6 Å². The van der Waals surface area contributed by atoms with Gasteiger partial charge >= 0.3 is 5.97 Å². The van der Waals surface area contributed by atoms with Crippen molar-refractivity contribution in [3.8, 4) is 0 Å². The molecule has 0 bridgehead atoms. The number of carboxylic acids is 1. The average molecular weight is 247 g/mol. The van der Waals surface area contributed by atoms with E-state index in [-0.39, 0.29) is 11.5 Å². The molecular weight excluding hydrogens is 234 g/mol. The molecule has 0 spiro atoms. The van der Waals surface area contributed by atoms with Crippen molar-refractivity contribution in [1.82, 2.24) is 5.32 Å². The minimum atomic E-state index is -0.967. The molecule has 2 rings (SSSR count). The van der Waals surface area contributed by atoms with Crippen molar-refractivity contribution >= 4 is 22.8 Å². The summed E-state index contributed by atoms with van der Waals surface area (Å²) in [5.41, 5.74) is 1.77. The number of hydrogen-bond acceptors (Lipinski definition) is 3. The third-order valence-electron chi connectivity index (χ3n) is 2.67. The Balaban J connectivity index is 2.25. The van der Waals surface area contributed by atoms with Crippen molar-refractivity contribution in [3.63, 3.8) is 0 Å². The molecule has 18 heavy (non-hydrogen) atoms. The van der Waals surface area contributed by atoms with E-state index in [0.29, 0.717) is 18.5 Å². The molecule has 1 aromatic carbocycles. The number of carbonyl (C=O) groups is 2. The van der Waals surface area contributed by atoms with E-state index in [0.717, 1.165) is 10.9 Å². The van der Waals surface area contributed by atoms with Crippen LogP contribution in [0.15, 0.2) is 28.9 Å². The fourth-order valence-corrected chi connectivity index (χ4v) is 1.78. The van der Waals surface area contributed by atoms with E-state index in [1.807, 2.05) is 0 Å². The summed E-state index contributed by atoms with van der Waals surface area (Å²) in [6, 6.07) is 4.73. The smallest absolute Gasteiger partial charge is 0.335 e. The Labute approximate surface area is 103 Å². The molecule has 0 atom stereocenters. The van der Waals surface area contributed by atoms with Gasteiger partial charge in [0.05, 0.1) is 11.8 Å². The summed E-state index contributed by atoms with van der Waals surface area (Å²) in [5, 5.41) is 12.4. The van der Waals surface area contributed by atoms with Crippen molar-refractivity contribution in [2.45, 2.75) is 13.3 Å². The fourth-order valence-electron chi connectivity index (χ4n) is 1.78. The molecule has 2 aromatic rings. The molecule has 0 saturated heterocycles. The summed E-state index contributed by atoms with van der Waals surface area (Å²) in [4.78, 5) is 21.7. The van der Waals surface area contributed by atoms with Gasteiger partial charge in [0.25, 0.3) is 0 Å². The number of benzene rings is 1. The summed E-state index contributed by atoms with van der Waals surface area (Å²) < 4.78 is 5.34. The molecule has 0 aliphatic heterocycles. The van der Waals surface area contributed by atoms with Gasteiger partial charge in [-0.3, -0.25) is 4.79 Å². The van der Waals surface area contributed by atoms with Gasteiger partial charge in [-0.25, -0.2) is 4.79 Å². The van der Waals surface area contributed by atoms with Gasteiger partial charge in [0.2, 0.25) is 5.91 Å². The maximum absolute atomic E-state index is 10.9. The Morgan fingerprint density at radius 1 is 1.39 bits per heavy atom. The second-order valence-electron chi connectivity index (χ2n) is 4.01. The Hall–Kier alpha value is -2.30. The first-order valence-electron chi connectivity index (χ1n) is 5.56. The Kier molecular flexibility index (Phi) is 3.32. The minimum absolute atomic E-state index is 0.0889. The van der Waals surface area contributed by atoms with Crippen LogP contribution in [0.2, 0.25) is 0 Å². The zero-order valence-electron chi connectivity index (χ0n) is 9.90. The molecule has 1 heterocycles. The third kappa shape index (κ3) is 2.51. The number of carbonyl (C=O) groups excluding carboxylic acids is 1. The van der Waals surface area contributed by atoms with E-state index in [1.165, 1.54) is 13.0 Å². The van der Waals surface area contributed by atoms with Gasteiger partial charge in [0, 0.05) is 18.9 Å². The summed E-state index contributed by atoms with van der Waals surface area (Å²) in [6.45, 7) is 1.96. The Morgan fingerprint density at radius 2 is 2.17 bits per heavy atom. The highest BCUT2D eigenvalue weighted by Crippen LogP contribution is 2.22. The van der Waals surface area contributed by atoms with Crippen LogP contribution in [-0.4, -0.2) is 23.5 Å². The second-order valence-corrected chi connectivity index (χ2v) is 4.01. The lowest BCUT2D eigenvalue weighted by molar-refractivity contribution is -0.118. The summed E-state index contributed by atoms with van der Waals surface area (Å²) in [6.07, 6.45) is 2.20. The zero-order valence-corrected chi connectivity index (χ0v) is 9.90. The molecule has 0 aliphatic rings. The van der Waals surface area contributed by atoms with E-state index >= 15 is 0 Å². The minimum Gasteiger partial charge on any atom is -0.478 e. The second kappa shape index (κ2) is 4.91. The van der Waals surface area contributed by atoms with Gasteiger partial charge < -0.3 is 14.8 Å². The quantitative estimate of drug-likeness (QED) is 0.863. The molecule has 1 amide bonds. The van der Waals surface area contributed by atoms with Crippen LogP contribution >= 0.6 is 0 Å². The number of amides is 1. The average Bonchev–Trinajstić information content (AvgIpc) is 2.71. The number of carboxylic acid groups (broad SMARTS) is 1. The Bertz CT molecular complexity index is 600. The first-order valence-corrected chi connectivity index (χ1v) is 5.56. The van der Waals surface area contributed by atoms with E-state index in [9.17, 15) is 9.59 Å². The predicted octanol–water partition coefficient (Wildman–Crippen LogP) is 1.81. The highest BCUT2D eigenvalue weighted by atomic mass is 16.4. The van der Waals surface area contributed by atoms with Crippen molar-refractivity contribution in [2.75, 3.05) is 6.54 Å². The first kappa shape index (κ1) is 12.2. The fraction of sp³-hybridized carbons (Fsp3) is 0.231. The predicted molar refractivity (Wildman–Crippen MR) is 65.6 cm³/mol. The molecule has 94 valence electrons. The monoisotopic (exact) mass is 247 g/mol. The molecule has 0 saturated carbocycles. The molecule has 0 unspecified atom stereocenters. The number of hydrogen-bond donors (Lipinski definition) is 2. The number of aromatic carboxylic acids is 1. The van der Waals surface area contributed by atoms with Crippen molar-refractivity contribution in [1.29, 1.82) is 0 Å². The topological polar surface area (TPSA) is 79.5 Å². The van der Waals surface area contributed by atoms with Crippen LogP contribution in [0.1, 0.15) is 22.8 Å². The van der Waals surface area contributed by atoms with Crippen LogP contribution in [-0.2, 0) is 11.2 Å². The van der Waals surface area contributed by atoms with Gasteiger partial charge in [0.1, 0.15) is 5.58 Å².